The third-order valence-electron chi connectivity index (χ3n) is 3.70. The average molecular weight is 343 g/mol. The molecule has 0 aliphatic rings. The molecular formula is C19H25N3O3. The van der Waals surface area contributed by atoms with E-state index in [0.717, 1.165) is 22.4 Å². The summed E-state index contributed by atoms with van der Waals surface area (Å²) < 4.78 is 16.0. The van der Waals surface area contributed by atoms with Crippen LogP contribution in [0.25, 0.3) is 0 Å². The second kappa shape index (κ2) is 8.28. The molecule has 6 heteroatoms. The van der Waals surface area contributed by atoms with Crippen LogP contribution in [-0.4, -0.2) is 27.3 Å². The number of methoxy groups -OCH3 is 3. The smallest absolute Gasteiger partial charge is 0.193 e. The molecule has 0 aromatic heterocycles. The van der Waals surface area contributed by atoms with Gasteiger partial charge in [0.2, 0.25) is 0 Å². The van der Waals surface area contributed by atoms with E-state index in [2.05, 4.69) is 16.4 Å². The maximum Gasteiger partial charge on any atom is 0.193 e. The molecule has 0 aliphatic heterocycles. The van der Waals surface area contributed by atoms with Crippen molar-refractivity contribution in [1.29, 1.82) is 0 Å². The minimum Gasteiger partial charge on any atom is -0.496 e. The van der Waals surface area contributed by atoms with E-state index in [1.807, 2.05) is 32.0 Å². The maximum absolute atomic E-state index is 6.01. The fraction of sp³-hybridized carbons (Fsp3) is 0.316. The minimum absolute atomic E-state index is 0.335. The molecule has 3 N–H and O–H groups in total. The van der Waals surface area contributed by atoms with Gasteiger partial charge < -0.3 is 25.3 Å². The van der Waals surface area contributed by atoms with E-state index >= 15 is 0 Å². The Morgan fingerprint density at radius 2 is 1.44 bits per heavy atom. The summed E-state index contributed by atoms with van der Waals surface area (Å²) in [5.41, 5.74) is 10.1. The summed E-state index contributed by atoms with van der Waals surface area (Å²) in [6.45, 7) is 4.44. The zero-order valence-electron chi connectivity index (χ0n) is 15.3. The van der Waals surface area contributed by atoms with Crippen LogP contribution in [-0.2, 0) is 6.54 Å². The van der Waals surface area contributed by atoms with E-state index in [1.54, 1.807) is 27.4 Å². The number of benzene rings is 2. The van der Waals surface area contributed by atoms with Crippen molar-refractivity contribution in [2.75, 3.05) is 26.6 Å². The number of aryl methyl sites for hydroxylation is 2. The quantitative estimate of drug-likeness (QED) is 0.622. The Morgan fingerprint density at radius 1 is 0.880 bits per heavy atom. The molecule has 0 spiro atoms. The van der Waals surface area contributed by atoms with E-state index in [-0.39, 0.29) is 0 Å². The fourth-order valence-corrected chi connectivity index (χ4v) is 2.62. The van der Waals surface area contributed by atoms with Gasteiger partial charge in [-0.05, 0) is 43.2 Å². The Kier molecular flexibility index (Phi) is 6.11. The van der Waals surface area contributed by atoms with Crippen molar-refractivity contribution in [2.45, 2.75) is 20.4 Å². The molecule has 0 fully saturated rings. The summed E-state index contributed by atoms with van der Waals surface area (Å²) in [7, 11) is 4.78. The first-order valence-corrected chi connectivity index (χ1v) is 7.91. The molecule has 0 radical (unpaired) electrons. The van der Waals surface area contributed by atoms with Gasteiger partial charge >= 0.3 is 0 Å². The average Bonchev–Trinajstić information content (AvgIpc) is 2.58. The highest BCUT2D eigenvalue weighted by molar-refractivity contribution is 5.92. The first-order chi connectivity index (χ1) is 12.0. The van der Waals surface area contributed by atoms with Gasteiger partial charge in [-0.2, -0.15) is 0 Å². The molecule has 0 atom stereocenters. The van der Waals surface area contributed by atoms with Crippen molar-refractivity contribution in [3.63, 3.8) is 0 Å². The number of hydrogen-bond donors (Lipinski definition) is 2. The van der Waals surface area contributed by atoms with Crippen LogP contribution in [0.1, 0.15) is 16.7 Å². The highest BCUT2D eigenvalue weighted by Gasteiger charge is 2.11. The van der Waals surface area contributed by atoms with Gasteiger partial charge in [-0.25, -0.2) is 4.99 Å². The lowest BCUT2D eigenvalue weighted by Gasteiger charge is -2.13. The molecule has 0 amide bonds. The lowest BCUT2D eigenvalue weighted by Crippen LogP contribution is -2.22. The largest absolute Gasteiger partial charge is 0.496 e. The number of aliphatic imine (C=N–C) groups is 1. The Balaban J connectivity index is 2.19. The molecule has 2 aromatic rings. The Labute approximate surface area is 148 Å². The van der Waals surface area contributed by atoms with Crippen LogP contribution in [0.15, 0.2) is 35.3 Å². The van der Waals surface area contributed by atoms with Crippen molar-refractivity contribution in [3.05, 3.63) is 47.0 Å². The lowest BCUT2D eigenvalue weighted by atomic mass is 10.1. The molecule has 25 heavy (non-hydrogen) atoms. The molecule has 0 aliphatic carbocycles. The molecule has 0 saturated carbocycles. The van der Waals surface area contributed by atoms with Crippen molar-refractivity contribution < 1.29 is 14.2 Å². The van der Waals surface area contributed by atoms with Crippen LogP contribution in [0, 0.1) is 13.8 Å². The van der Waals surface area contributed by atoms with Crippen molar-refractivity contribution in [3.8, 4) is 17.2 Å². The lowest BCUT2D eigenvalue weighted by molar-refractivity contribution is 0.347. The van der Waals surface area contributed by atoms with Crippen molar-refractivity contribution >= 4 is 11.6 Å². The summed E-state index contributed by atoms with van der Waals surface area (Å²) in [6, 6.07) is 9.76. The Bertz CT molecular complexity index is 752. The van der Waals surface area contributed by atoms with Gasteiger partial charge in [0.25, 0.3) is 0 Å². The van der Waals surface area contributed by atoms with Gasteiger partial charge in [-0.15, -0.1) is 0 Å². The van der Waals surface area contributed by atoms with Gasteiger partial charge in [-0.1, -0.05) is 6.07 Å². The second-order valence-electron chi connectivity index (χ2n) is 5.72. The predicted molar refractivity (Wildman–Crippen MR) is 101 cm³/mol. The predicted octanol–water partition coefficient (Wildman–Crippen LogP) is 3.26. The molecule has 0 saturated heterocycles. The first-order valence-electron chi connectivity index (χ1n) is 7.91. The highest BCUT2D eigenvalue weighted by atomic mass is 16.5. The van der Waals surface area contributed by atoms with Crippen LogP contribution in [0.5, 0.6) is 17.2 Å². The molecule has 2 rings (SSSR count). The van der Waals surface area contributed by atoms with Crippen LogP contribution >= 0.6 is 0 Å². The van der Waals surface area contributed by atoms with E-state index < -0.39 is 0 Å². The summed E-state index contributed by atoms with van der Waals surface area (Å²) in [4.78, 5) is 4.40. The van der Waals surface area contributed by atoms with Gasteiger partial charge in [0.1, 0.15) is 5.75 Å². The molecule has 134 valence electrons. The highest BCUT2D eigenvalue weighted by Crippen LogP contribution is 2.34. The number of nitrogens with zero attached hydrogens (tertiary/aromatic N) is 1. The summed E-state index contributed by atoms with van der Waals surface area (Å²) in [5.74, 6) is 2.23. The van der Waals surface area contributed by atoms with Gasteiger partial charge in [0.05, 0.1) is 27.9 Å². The third-order valence-corrected chi connectivity index (χ3v) is 3.70. The van der Waals surface area contributed by atoms with Crippen molar-refractivity contribution in [2.24, 2.45) is 10.7 Å². The summed E-state index contributed by atoms with van der Waals surface area (Å²) in [5, 5.41) is 3.11. The van der Waals surface area contributed by atoms with Gasteiger partial charge in [0, 0.05) is 17.3 Å². The van der Waals surface area contributed by atoms with E-state index in [0.29, 0.717) is 29.8 Å². The van der Waals surface area contributed by atoms with Crippen LogP contribution in [0.4, 0.5) is 5.69 Å². The standard InChI is InChI=1S/C19H25N3O3/c1-12-6-13(2)8-15(7-12)22-19(20)21-11-14-9-17(24-4)18(25-5)10-16(14)23-3/h6-10H,11H2,1-5H3,(H3,20,21,22). The number of nitrogens with two attached hydrogens (primary N) is 1. The van der Waals surface area contributed by atoms with E-state index in [1.165, 1.54) is 0 Å². The molecule has 6 nitrogen and oxygen atoms in total. The van der Waals surface area contributed by atoms with Crippen LogP contribution in [0.3, 0.4) is 0 Å². The van der Waals surface area contributed by atoms with Crippen LogP contribution < -0.4 is 25.3 Å². The van der Waals surface area contributed by atoms with E-state index in [4.69, 9.17) is 19.9 Å². The zero-order valence-corrected chi connectivity index (χ0v) is 15.3. The molecule has 0 bridgehead atoms. The SMILES string of the molecule is COc1cc(OC)c(OC)cc1CN=C(N)Nc1cc(C)cc(C)c1. The maximum atomic E-state index is 6.01. The Hall–Kier alpha value is -2.89. The number of rotatable bonds is 6. The van der Waals surface area contributed by atoms with Gasteiger partial charge in [-0.3, -0.25) is 0 Å². The topological polar surface area (TPSA) is 78.1 Å². The molecule has 0 unspecified atom stereocenters. The normalized spacial score (nSPS) is 11.2. The zero-order chi connectivity index (χ0) is 18.4. The number of nitrogens with one attached hydrogen (secondary N) is 1. The summed E-state index contributed by atoms with van der Waals surface area (Å²) in [6.07, 6.45) is 0. The van der Waals surface area contributed by atoms with Crippen molar-refractivity contribution in [1.82, 2.24) is 0 Å². The molecule has 2 aromatic carbocycles. The second-order valence-corrected chi connectivity index (χ2v) is 5.72. The Morgan fingerprint density at radius 3 is 2.00 bits per heavy atom. The molecular weight excluding hydrogens is 318 g/mol. The molecule has 0 heterocycles. The van der Waals surface area contributed by atoms with Crippen LogP contribution in [0.2, 0.25) is 0 Å². The summed E-state index contributed by atoms with van der Waals surface area (Å²) >= 11 is 0. The number of anilines is 1. The van der Waals surface area contributed by atoms with E-state index in [9.17, 15) is 0 Å². The fourth-order valence-electron chi connectivity index (χ4n) is 2.62. The monoisotopic (exact) mass is 343 g/mol. The minimum atomic E-state index is 0.335. The first kappa shape index (κ1) is 18.4. The number of ether oxygens (including phenoxy) is 3. The third kappa shape index (κ3) is 4.79. The number of hydrogen-bond acceptors (Lipinski definition) is 4. The number of guanidine groups is 1. The van der Waals surface area contributed by atoms with Gasteiger partial charge in [0.15, 0.2) is 17.5 Å².